The maximum absolute atomic E-state index is 15.1. The molecular formula is C28H24FN7O7. The Morgan fingerprint density at radius 2 is 1.86 bits per heavy atom. The zero-order chi connectivity index (χ0) is 29.9. The summed E-state index contributed by atoms with van der Waals surface area (Å²) in [7, 11) is 0. The zero-order valence-corrected chi connectivity index (χ0v) is 22.5. The van der Waals surface area contributed by atoms with Crippen molar-refractivity contribution in [2.45, 2.75) is 6.54 Å². The number of anilines is 2. The zero-order valence-electron chi connectivity index (χ0n) is 22.5. The Morgan fingerprint density at radius 1 is 1.02 bits per heavy atom. The highest BCUT2D eigenvalue weighted by molar-refractivity contribution is 5.98. The van der Waals surface area contributed by atoms with E-state index in [2.05, 4.69) is 20.9 Å². The lowest BCUT2D eigenvalue weighted by Crippen LogP contribution is -2.51. The van der Waals surface area contributed by atoms with Crippen LogP contribution in [0.15, 0.2) is 74.3 Å². The molecule has 2 aromatic carbocycles. The first-order chi connectivity index (χ1) is 20.8. The summed E-state index contributed by atoms with van der Waals surface area (Å²) in [6.45, 7) is 1.57. The molecule has 0 bridgehead atoms. The van der Waals surface area contributed by atoms with Crippen LogP contribution >= 0.6 is 0 Å². The Labute approximate surface area is 242 Å². The van der Waals surface area contributed by atoms with Crippen molar-refractivity contribution in [1.82, 2.24) is 20.5 Å². The van der Waals surface area contributed by atoms with Gasteiger partial charge in [-0.1, -0.05) is 16.4 Å². The molecule has 0 radical (unpaired) electrons. The van der Waals surface area contributed by atoms with Crippen LogP contribution in [-0.4, -0.2) is 64.7 Å². The van der Waals surface area contributed by atoms with Crippen molar-refractivity contribution in [1.29, 1.82) is 0 Å². The number of nitrogens with one attached hydrogen (secondary N) is 2. The number of nitrogens with zero attached hydrogens (tertiary/aromatic N) is 5. The highest BCUT2D eigenvalue weighted by atomic mass is 19.1. The lowest BCUT2D eigenvalue weighted by atomic mass is 10.1. The first-order valence-electron chi connectivity index (χ1n) is 13.2. The van der Waals surface area contributed by atoms with Gasteiger partial charge in [0.2, 0.25) is 5.91 Å². The van der Waals surface area contributed by atoms with Crippen molar-refractivity contribution >= 4 is 40.0 Å². The second-order valence-corrected chi connectivity index (χ2v) is 9.72. The fourth-order valence-electron chi connectivity index (χ4n) is 4.74. The van der Waals surface area contributed by atoms with Gasteiger partial charge in [-0.2, -0.15) is 0 Å². The molecule has 4 heterocycles. The van der Waals surface area contributed by atoms with Crippen molar-refractivity contribution in [2.75, 3.05) is 42.9 Å². The Balaban J connectivity index is 0.999. The SMILES string of the molecule is O=C(NCC(=O)N1CCN(c2ccc(-c3cc(CNc4ccon4)on3)cc2F)CC1)c1cc2cc([N+](=O)[O-])ccc2o1. The van der Waals surface area contributed by atoms with E-state index in [9.17, 15) is 19.7 Å². The molecule has 1 saturated heterocycles. The topological polar surface area (TPSA) is 173 Å². The Morgan fingerprint density at radius 3 is 2.60 bits per heavy atom. The quantitative estimate of drug-likeness (QED) is 0.189. The highest BCUT2D eigenvalue weighted by Gasteiger charge is 2.24. The number of furan rings is 1. The number of non-ortho nitro benzene ring substituents is 1. The van der Waals surface area contributed by atoms with Gasteiger partial charge in [-0.15, -0.1) is 0 Å². The van der Waals surface area contributed by atoms with Crippen LogP contribution in [0.3, 0.4) is 0 Å². The van der Waals surface area contributed by atoms with Gasteiger partial charge in [-0.05, 0) is 24.3 Å². The number of rotatable bonds is 9. The van der Waals surface area contributed by atoms with E-state index in [4.69, 9.17) is 13.5 Å². The molecule has 15 heteroatoms. The van der Waals surface area contributed by atoms with Crippen LogP contribution < -0.4 is 15.5 Å². The van der Waals surface area contributed by atoms with Crippen molar-refractivity contribution in [3.05, 3.63) is 88.3 Å². The molecule has 1 fully saturated rings. The summed E-state index contributed by atoms with van der Waals surface area (Å²) in [5.74, 6) is -0.292. The van der Waals surface area contributed by atoms with Gasteiger partial charge in [0.25, 0.3) is 11.6 Å². The van der Waals surface area contributed by atoms with Gasteiger partial charge in [-0.25, -0.2) is 4.39 Å². The molecule has 0 spiro atoms. The molecular weight excluding hydrogens is 565 g/mol. The molecule has 220 valence electrons. The average molecular weight is 590 g/mol. The number of carbonyl (C=O) groups excluding carboxylic acids is 2. The summed E-state index contributed by atoms with van der Waals surface area (Å²) in [5.41, 5.74) is 1.66. The first-order valence-corrected chi connectivity index (χ1v) is 13.2. The number of nitro benzene ring substituents is 1. The fourth-order valence-corrected chi connectivity index (χ4v) is 4.74. The number of benzene rings is 2. The molecule has 43 heavy (non-hydrogen) atoms. The number of carbonyl (C=O) groups is 2. The summed E-state index contributed by atoms with van der Waals surface area (Å²) < 4.78 is 30.7. The third-order valence-electron chi connectivity index (χ3n) is 6.99. The molecule has 5 aromatic rings. The van der Waals surface area contributed by atoms with Crippen LogP contribution in [0.4, 0.5) is 21.6 Å². The normalized spacial score (nSPS) is 13.3. The maximum atomic E-state index is 15.1. The van der Waals surface area contributed by atoms with Gasteiger partial charge in [0.15, 0.2) is 17.3 Å². The number of piperazine rings is 1. The van der Waals surface area contributed by atoms with Crippen molar-refractivity contribution in [3.8, 4) is 11.3 Å². The fraction of sp³-hybridized carbons (Fsp3) is 0.214. The summed E-state index contributed by atoms with van der Waals surface area (Å²) in [4.78, 5) is 39.1. The van der Waals surface area contributed by atoms with Crippen LogP contribution in [0.5, 0.6) is 0 Å². The van der Waals surface area contributed by atoms with Crippen LogP contribution in [0, 0.1) is 15.9 Å². The summed E-state index contributed by atoms with van der Waals surface area (Å²) in [6.07, 6.45) is 1.45. The van der Waals surface area contributed by atoms with E-state index >= 15 is 4.39 Å². The molecule has 0 aliphatic carbocycles. The largest absolute Gasteiger partial charge is 0.451 e. The minimum absolute atomic E-state index is 0.0582. The van der Waals surface area contributed by atoms with Gasteiger partial charge in [0.1, 0.15) is 23.4 Å². The van der Waals surface area contributed by atoms with Crippen LogP contribution in [0.25, 0.3) is 22.2 Å². The number of nitro groups is 1. The van der Waals surface area contributed by atoms with Gasteiger partial charge in [0, 0.05) is 61.4 Å². The minimum Gasteiger partial charge on any atom is -0.451 e. The molecule has 3 aromatic heterocycles. The van der Waals surface area contributed by atoms with Crippen LogP contribution in [-0.2, 0) is 11.3 Å². The number of hydrogen-bond acceptors (Lipinski definition) is 11. The first kappa shape index (κ1) is 27.4. The summed E-state index contributed by atoms with van der Waals surface area (Å²) in [6, 6.07) is 13.6. The predicted octanol–water partition coefficient (Wildman–Crippen LogP) is 3.81. The standard InChI is InChI=1S/C28H24FN7O7/c29-21-12-17(22-14-20(43-32-22)15-30-26-5-10-41-33-26)1-3-23(21)34-6-8-35(9-7-34)27(37)16-31-28(38)25-13-18-11-19(36(39)40)2-4-24(18)42-25/h1-5,10-14H,6-9,15-16H2,(H,30,33)(H,31,38). The summed E-state index contributed by atoms with van der Waals surface area (Å²) in [5, 5.41) is 24.7. The van der Waals surface area contributed by atoms with Gasteiger partial charge in [0.05, 0.1) is 23.7 Å². The van der Waals surface area contributed by atoms with E-state index in [1.807, 2.05) is 4.90 Å². The highest BCUT2D eigenvalue weighted by Crippen LogP contribution is 2.28. The van der Waals surface area contributed by atoms with E-state index in [1.165, 1.54) is 36.6 Å². The van der Waals surface area contributed by atoms with E-state index in [0.717, 1.165) is 0 Å². The molecule has 2 amide bonds. The Kier molecular flexibility index (Phi) is 7.43. The number of hydrogen-bond donors (Lipinski definition) is 2. The van der Waals surface area contributed by atoms with Crippen molar-refractivity contribution < 1.29 is 32.4 Å². The van der Waals surface area contributed by atoms with Crippen LogP contribution in [0.2, 0.25) is 0 Å². The van der Waals surface area contributed by atoms with Gasteiger partial charge in [-0.3, -0.25) is 19.7 Å². The second-order valence-electron chi connectivity index (χ2n) is 9.72. The van der Waals surface area contributed by atoms with Crippen LogP contribution in [0.1, 0.15) is 16.3 Å². The van der Waals surface area contributed by atoms with E-state index in [-0.39, 0.29) is 23.9 Å². The molecule has 2 N–H and O–H groups in total. The molecule has 0 atom stereocenters. The average Bonchev–Trinajstić information content (AvgIpc) is 3.79. The summed E-state index contributed by atoms with van der Waals surface area (Å²) >= 11 is 0. The van der Waals surface area contributed by atoms with Gasteiger partial charge < -0.3 is 33.9 Å². The van der Waals surface area contributed by atoms with Crippen molar-refractivity contribution in [3.63, 3.8) is 0 Å². The number of halogens is 1. The molecule has 6 rings (SSSR count). The monoisotopic (exact) mass is 589 g/mol. The maximum Gasteiger partial charge on any atom is 0.287 e. The van der Waals surface area contributed by atoms with Crippen molar-refractivity contribution in [2.24, 2.45) is 0 Å². The predicted molar refractivity (Wildman–Crippen MR) is 150 cm³/mol. The number of fused-ring (bicyclic) bond motifs is 1. The van der Waals surface area contributed by atoms with E-state index < -0.39 is 16.6 Å². The number of amides is 2. The lowest BCUT2D eigenvalue weighted by molar-refractivity contribution is -0.384. The molecule has 1 aliphatic rings. The third-order valence-corrected chi connectivity index (χ3v) is 6.99. The van der Waals surface area contributed by atoms with Gasteiger partial charge >= 0.3 is 0 Å². The van der Waals surface area contributed by atoms with E-state index in [0.29, 0.717) is 72.2 Å². The third kappa shape index (κ3) is 6.00. The number of aromatic nitrogens is 2. The second kappa shape index (κ2) is 11.6. The Hall–Kier alpha value is -5.73. The molecule has 14 nitrogen and oxygen atoms in total. The minimum atomic E-state index is -0.613. The molecule has 0 saturated carbocycles. The van der Waals surface area contributed by atoms with E-state index in [1.54, 1.807) is 29.2 Å². The molecule has 1 aliphatic heterocycles. The molecule has 0 unspecified atom stereocenters. The smallest absolute Gasteiger partial charge is 0.287 e. The Bertz CT molecular complexity index is 1790. The lowest BCUT2D eigenvalue weighted by Gasteiger charge is -2.36.